The number of morpholine rings is 1. The number of nitrogens with one attached hydrogen (secondary N) is 3. The van der Waals surface area contributed by atoms with E-state index in [-0.39, 0.29) is 6.10 Å². The molecule has 0 radical (unpaired) electrons. The number of nitrogens with zero attached hydrogens (tertiary/aromatic N) is 4. The minimum Gasteiger partial charge on any atom is -0.368 e. The summed E-state index contributed by atoms with van der Waals surface area (Å²) in [6, 6.07) is 0. The molecule has 1 aliphatic rings. The first-order valence-corrected chi connectivity index (χ1v) is 7.66. The molecular weight excluding hydrogens is 282 g/mol. The molecule has 3 rings (SSSR count). The molecule has 0 saturated carbocycles. The van der Waals surface area contributed by atoms with E-state index < -0.39 is 0 Å². The Morgan fingerprint density at radius 1 is 1.14 bits per heavy atom. The summed E-state index contributed by atoms with van der Waals surface area (Å²) in [7, 11) is 0. The first-order valence-electron chi connectivity index (χ1n) is 7.66. The smallest absolute Gasteiger partial charge is 0.161 e. The van der Waals surface area contributed by atoms with Crippen LogP contribution in [0.2, 0.25) is 0 Å². The van der Waals surface area contributed by atoms with Crippen LogP contribution < -0.4 is 16.0 Å². The summed E-state index contributed by atoms with van der Waals surface area (Å²) in [6.45, 7) is 7.80. The lowest BCUT2D eigenvalue weighted by Gasteiger charge is -2.23. The molecule has 0 aliphatic carbocycles. The molecule has 118 valence electrons. The molecule has 8 nitrogen and oxygen atoms in total. The molecular formula is C14H21N7O. The van der Waals surface area contributed by atoms with E-state index in [1.807, 2.05) is 13.8 Å². The second-order valence-electron chi connectivity index (χ2n) is 4.97. The van der Waals surface area contributed by atoms with E-state index in [4.69, 9.17) is 4.74 Å². The topological polar surface area (TPSA) is 96.9 Å². The van der Waals surface area contributed by atoms with Crippen molar-refractivity contribution in [2.24, 2.45) is 0 Å². The molecule has 8 heteroatoms. The van der Waals surface area contributed by atoms with Crippen molar-refractivity contribution < 1.29 is 4.74 Å². The van der Waals surface area contributed by atoms with E-state index in [2.05, 4.69) is 35.9 Å². The SMILES string of the molecule is CCNc1nc(C2CNCCO2)nc2c(NCC)ncnc12. The maximum absolute atomic E-state index is 5.77. The van der Waals surface area contributed by atoms with Crippen LogP contribution in [-0.4, -0.2) is 52.7 Å². The zero-order valence-corrected chi connectivity index (χ0v) is 12.9. The number of hydrogen-bond donors (Lipinski definition) is 3. The summed E-state index contributed by atoms with van der Waals surface area (Å²) >= 11 is 0. The van der Waals surface area contributed by atoms with Crippen molar-refractivity contribution in [3.63, 3.8) is 0 Å². The lowest BCUT2D eigenvalue weighted by Crippen LogP contribution is -2.34. The largest absolute Gasteiger partial charge is 0.368 e. The first-order chi connectivity index (χ1) is 10.8. The fourth-order valence-corrected chi connectivity index (χ4v) is 2.43. The van der Waals surface area contributed by atoms with Crippen LogP contribution in [0.15, 0.2) is 6.33 Å². The quantitative estimate of drug-likeness (QED) is 0.751. The standard InChI is InChI=1S/C14H21N7O/c1-3-16-13-11-10(18-8-19-13)14(17-4-2)21-12(20-11)9-7-15-5-6-22-9/h8-9,15H,3-7H2,1-2H3,(H,16,18,19)(H,17,20,21). The van der Waals surface area contributed by atoms with Crippen molar-refractivity contribution in [2.45, 2.75) is 20.0 Å². The molecule has 0 bridgehead atoms. The number of anilines is 2. The predicted octanol–water partition coefficient (Wildman–Crippen LogP) is 0.944. The Balaban J connectivity index is 2.10. The highest BCUT2D eigenvalue weighted by atomic mass is 16.5. The number of hydrogen-bond acceptors (Lipinski definition) is 8. The average Bonchev–Trinajstić information content (AvgIpc) is 2.57. The van der Waals surface area contributed by atoms with Crippen molar-refractivity contribution in [3.8, 4) is 0 Å². The molecule has 0 aromatic carbocycles. The van der Waals surface area contributed by atoms with Crippen molar-refractivity contribution in [3.05, 3.63) is 12.2 Å². The Labute approximate surface area is 129 Å². The van der Waals surface area contributed by atoms with Crippen molar-refractivity contribution in [2.75, 3.05) is 43.4 Å². The van der Waals surface area contributed by atoms with Gasteiger partial charge in [0, 0.05) is 26.2 Å². The highest BCUT2D eigenvalue weighted by molar-refractivity contribution is 5.92. The maximum Gasteiger partial charge on any atom is 0.161 e. The van der Waals surface area contributed by atoms with Crippen LogP contribution >= 0.6 is 0 Å². The van der Waals surface area contributed by atoms with Gasteiger partial charge in [-0.1, -0.05) is 0 Å². The number of rotatable bonds is 5. The predicted molar refractivity (Wildman–Crippen MR) is 85.0 cm³/mol. The van der Waals surface area contributed by atoms with Gasteiger partial charge in [-0.3, -0.25) is 0 Å². The van der Waals surface area contributed by atoms with Gasteiger partial charge in [-0.25, -0.2) is 19.9 Å². The van der Waals surface area contributed by atoms with Gasteiger partial charge >= 0.3 is 0 Å². The minimum absolute atomic E-state index is 0.148. The Kier molecular flexibility index (Phi) is 4.59. The molecule has 2 aromatic rings. The lowest BCUT2D eigenvalue weighted by atomic mass is 10.2. The van der Waals surface area contributed by atoms with Gasteiger partial charge in [-0.15, -0.1) is 0 Å². The summed E-state index contributed by atoms with van der Waals surface area (Å²) in [4.78, 5) is 17.9. The van der Waals surface area contributed by atoms with Gasteiger partial charge in [0.15, 0.2) is 17.5 Å². The summed E-state index contributed by atoms with van der Waals surface area (Å²) < 4.78 is 5.77. The highest BCUT2D eigenvalue weighted by Crippen LogP contribution is 2.26. The fraction of sp³-hybridized carbons (Fsp3) is 0.571. The van der Waals surface area contributed by atoms with Gasteiger partial charge in [-0.2, -0.15) is 0 Å². The normalized spacial score (nSPS) is 18.4. The van der Waals surface area contributed by atoms with E-state index in [9.17, 15) is 0 Å². The molecule has 1 atom stereocenters. The van der Waals surface area contributed by atoms with Gasteiger partial charge in [0.1, 0.15) is 23.5 Å². The van der Waals surface area contributed by atoms with Gasteiger partial charge < -0.3 is 20.7 Å². The van der Waals surface area contributed by atoms with Gasteiger partial charge in [0.25, 0.3) is 0 Å². The number of fused-ring (bicyclic) bond motifs is 1. The van der Waals surface area contributed by atoms with Crippen molar-refractivity contribution >= 4 is 22.7 Å². The van der Waals surface area contributed by atoms with E-state index in [0.29, 0.717) is 19.0 Å². The average molecular weight is 303 g/mol. The summed E-state index contributed by atoms with van der Waals surface area (Å²) in [5, 5.41) is 9.78. The Hall–Kier alpha value is -2.06. The fourth-order valence-electron chi connectivity index (χ4n) is 2.43. The summed E-state index contributed by atoms with van der Waals surface area (Å²) in [5.74, 6) is 2.10. The monoisotopic (exact) mass is 303 g/mol. The second kappa shape index (κ2) is 6.80. The summed E-state index contributed by atoms with van der Waals surface area (Å²) in [5.41, 5.74) is 1.44. The van der Waals surface area contributed by atoms with Gasteiger partial charge in [0.2, 0.25) is 0 Å². The Morgan fingerprint density at radius 3 is 2.68 bits per heavy atom. The van der Waals surface area contributed by atoms with Crippen LogP contribution in [0.3, 0.4) is 0 Å². The van der Waals surface area contributed by atoms with Gasteiger partial charge in [0.05, 0.1) is 6.61 Å². The first kappa shape index (κ1) is 14.9. The van der Waals surface area contributed by atoms with Crippen LogP contribution in [0, 0.1) is 0 Å². The molecule has 22 heavy (non-hydrogen) atoms. The molecule has 1 saturated heterocycles. The number of aromatic nitrogens is 4. The molecule has 1 aliphatic heterocycles. The lowest BCUT2D eigenvalue weighted by molar-refractivity contribution is 0.0224. The molecule has 3 heterocycles. The third-order valence-corrected chi connectivity index (χ3v) is 3.40. The van der Waals surface area contributed by atoms with Crippen LogP contribution in [0.4, 0.5) is 11.6 Å². The molecule has 0 spiro atoms. The molecule has 2 aromatic heterocycles. The zero-order chi connectivity index (χ0) is 15.4. The van der Waals surface area contributed by atoms with Crippen molar-refractivity contribution in [1.29, 1.82) is 0 Å². The van der Waals surface area contributed by atoms with E-state index >= 15 is 0 Å². The van der Waals surface area contributed by atoms with E-state index in [0.717, 1.165) is 42.3 Å². The Morgan fingerprint density at radius 2 is 1.95 bits per heavy atom. The molecule has 1 fully saturated rings. The molecule has 3 N–H and O–H groups in total. The minimum atomic E-state index is -0.148. The number of ether oxygens (including phenoxy) is 1. The third-order valence-electron chi connectivity index (χ3n) is 3.40. The van der Waals surface area contributed by atoms with Crippen molar-refractivity contribution in [1.82, 2.24) is 25.3 Å². The maximum atomic E-state index is 5.77. The third kappa shape index (κ3) is 2.93. The zero-order valence-electron chi connectivity index (χ0n) is 12.9. The van der Waals surface area contributed by atoms with E-state index in [1.165, 1.54) is 6.33 Å². The van der Waals surface area contributed by atoms with Crippen LogP contribution in [0.5, 0.6) is 0 Å². The summed E-state index contributed by atoms with van der Waals surface area (Å²) in [6.07, 6.45) is 1.38. The van der Waals surface area contributed by atoms with Crippen LogP contribution in [-0.2, 0) is 4.74 Å². The molecule has 1 unspecified atom stereocenters. The Bertz CT molecular complexity index is 642. The van der Waals surface area contributed by atoms with Crippen LogP contribution in [0.1, 0.15) is 25.8 Å². The van der Waals surface area contributed by atoms with E-state index in [1.54, 1.807) is 0 Å². The highest BCUT2D eigenvalue weighted by Gasteiger charge is 2.22. The molecule has 0 amide bonds. The second-order valence-corrected chi connectivity index (χ2v) is 4.97. The van der Waals surface area contributed by atoms with Crippen LogP contribution in [0.25, 0.3) is 11.0 Å². The van der Waals surface area contributed by atoms with Gasteiger partial charge in [-0.05, 0) is 13.8 Å².